The molecule has 43 heavy (non-hydrogen) atoms. The average Bonchev–Trinajstić information content (AvgIpc) is 3.34. The number of rotatable bonds is 10. The van der Waals surface area contributed by atoms with Gasteiger partial charge in [0.1, 0.15) is 23.9 Å². The van der Waals surface area contributed by atoms with Crippen LogP contribution in [-0.2, 0) is 31.2 Å². The summed E-state index contributed by atoms with van der Waals surface area (Å²) in [4.78, 5) is 29.1. The molecule has 0 aliphatic rings. The van der Waals surface area contributed by atoms with Crippen molar-refractivity contribution in [3.05, 3.63) is 83.8 Å². The summed E-state index contributed by atoms with van der Waals surface area (Å²) in [6.07, 6.45) is 2.61. The molecule has 4 aromatic rings. The molecule has 0 saturated heterocycles. The number of sulfone groups is 1. The number of nitrogens with one attached hydrogen (secondary N) is 2. The number of carbonyl (C=O) groups is 2. The van der Waals surface area contributed by atoms with Crippen LogP contribution in [0.2, 0.25) is 0 Å². The highest BCUT2D eigenvalue weighted by atomic mass is 32.2. The lowest BCUT2D eigenvalue weighted by atomic mass is 9.92. The standard InChI is InChI=1S/C31H35N5O6S/c1-20-7-9-22(10-8-20)36-29(18-28(35-36)31(2,3)4)34-30(38)33-26-12-11-24(17-27(26)43(6,39)40)42-25-13-14-32-21(16-25)15-23(37)19-41-5/h7-14,16-18H,15,19H2,1-6H3,(H2,33,34,38). The molecule has 2 N–H and O–H groups in total. The van der Waals surface area contributed by atoms with Gasteiger partial charge in [0.15, 0.2) is 15.6 Å². The molecule has 0 bridgehead atoms. The van der Waals surface area contributed by atoms with Crippen molar-refractivity contribution in [3.63, 3.8) is 0 Å². The first-order chi connectivity index (χ1) is 20.2. The maximum atomic E-state index is 13.2. The minimum Gasteiger partial charge on any atom is -0.457 e. The number of ketones is 1. The van der Waals surface area contributed by atoms with Crippen LogP contribution < -0.4 is 15.4 Å². The van der Waals surface area contributed by atoms with Crippen LogP contribution in [0.1, 0.15) is 37.7 Å². The summed E-state index contributed by atoms with van der Waals surface area (Å²) in [5, 5.41) is 10.2. The summed E-state index contributed by atoms with van der Waals surface area (Å²) in [5.41, 5.74) is 2.89. The zero-order valence-electron chi connectivity index (χ0n) is 25.0. The Morgan fingerprint density at radius 3 is 2.30 bits per heavy atom. The molecule has 0 unspecified atom stereocenters. The van der Waals surface area contributed by atoms with E-state index in [1.165, 1.54) is 31.5 Å². The summed E-state index contributed by atoms with van der Waals surface area (Å²) in [6.45, 7) is 8.02. The number of nitrogens with zero attached hydrogens (tertiary/aromatic N) is 3. The number of aryl methyl sites for hydroxylation is 1. The van der Waals surface area contributed by atoms with Gasteiger partial charge in [-0.15, -0.1) is 0 Å². The first-order valence-electron chi connectivity index (χ1n) is 13.5. The van der Waals surface area contributed by atoms with Gasteiger partial charge in [-0.3, -0.25) is 15.1 Å². The first-order valence-corrected chi connectivity index (χ1v) is 15.3. The van der Waals surface area contributed by atoms with Gasteiger partial charge in [-0.25, -0.2) is 17.9 Å². The summed E-state index contributed by atoms with van der Waals surface area (Å²) in [5.74, 6) is 0.868. The Balaban J connectivity index is 1.57. The average molecular weight is 606 g/mol. The summed E-state index contributed by atoms with van der Waals surface area (Å²) >= 11 is 0. The molecule has 0 radical (unpaired) electrons. The Kier molecular flexibility index (Phi) is 9.31. The maximum absolute atomic E-state index is 13.2. The van der Waals surface area contributed by atoms with Crippen LogP contribution in [0.15, 0.2) is 71.8 Å². The van der Waals surface area contributed by atoms with E-state index >= 15 is 0 Å². The van der Waals surface area contributed by atoms with Gasteiger partial charge in [0.2, 0.25) is 0 Å². The topological polar surface area (TPSA) is 142 Å². The fraction of sp³-hybridized carbons (Fsp3) is 0.290. The lowest BCUT2D eigenvalue weighted by Gasteiger charge is -2.14. The number of benzene rings is 2. The Hall–Kier alpha value is -4.55. The Morgan fingerprint density at radius 2 is 1.65 bits per heavy atom. The smallest absolute Gasteiger partial charge is 0.324 e. The minimum absolute atomic E-state index is 0.0292. The molecule has 2 aromatic heterocycles. The summed E-state index contributed by atoms with van der Waals surface area (Å²) < 4.78 is 37.8. The van der Waals surface area contributed by atoms with E-state index < -0.39 is 15.9 Å². The third-order valence-electron chi connectivity index (χ3n) is 6.31. The van der Waals surface area contributed by atoms with Crippen LogP contribution in [0.5, 0.6) is 11.5 Å². The van der Waals surface area contributed by atoms with Crippen LogP contribution in [0, 0.1) is 6.92 Å². The lowest BCUT2D eigenvalue weighted by Crippen LogP contribution is -2.22. The number of Topliss-reactive ketones (excluding diaryl/α,β-unsaturated/α-hetero) is 1. The van der Waals surface area contributed by atoms with E-state index in [1.807, 2.05) is 52.0 Å². The molecular weight excluding hydrogens is 570 g/mol. The van der Waals surface area contributed by atoms with Crippen LogP contribution in [-0.4, -0.2) is 55.0 Å². The predicted molar refractivity (Wildman–Crippen MR) is 164 cm³/mol. The van der Waals surface area contributed by atoms with E-state index in [2.05, 4.69) is 15.6 Å². The molecule has 0 fully saturated rings. The quantitative estimate of drug-likeness (QED) is 0.242. The van der Waals surface area contributed by atoms with Crippen molar-refractivity contribution in [2.45, 2.75) is 44.4 Å². The number of ether oxygens (including phenoxy) is 2. The van der Waals surface area contributed by atoms with Crippen LogP contribution >= 0.6 is 0 Å². The van der Waals surface area contributed by atoms with Crippen molar-refractivity contribution in [1.82, 2.24) is 14.8 Å². The zero-order valence-corrected chi connectivity index (χ0v) is 25.8. The molecule has 2 amide bonds. The van der Waals surface area contributed by atoms with Gasteiger partial charge in [-0.05, 0) is 37.3 Å². The summed E-state index contributed by atoms with van der Waals surface area (Å²) in [7, 11) is -2.34. The zero-order chi connectivity index (χ0) is 31.4. The monoisotopic (exact) mass is 605 g/mol. The van der Waals surface area contributed by atoms with E-state index in [9.17, 15) is 18.0 Å². The Bertz CT molecular complexity index is 1740. The molecule has 12 heteroatoms. The second-order valence-corrected chi connectivity index (χ2v) is 13.1. The van der Waals surface area contributed by atoms with Crippen molar-refractivity contribution in [2.24, 2.45) is 0 Å². The normalized spacial score (nSPS) is 11.7. The summed E-state index contributed by atoms with van der Waals surface area (Å²) in [6, 6.07) is 16.4. The van der Waals surface area contributed by atoms with E-state index in [4.69, 9.17) is 14.6 Å². The van der Waals surface area contributed by atoms with Crippen molar-refractivity contribution >= 4 is 33.2 Å². The number of carbonyl (C=O) groups excluding carboxylic acids is 2. The van der Waals surface area contributed by atoms with Crippen LogP contribution in [0.25, 0.3) is 5.69 Å². The van der Waals surface area contributed by atoms with E-state index in [1.54, 1.807) is 22.9 Å². The molecule has 226 valence electrons. The van der Waals surface area contributed by atoms with Gasteiger partial charge >= 0.3 is 6.03 Å². The molecule has 11 nitrogen and oxygen atoms in total. The second-order valence-electron chi connectivity index (χ2n) is 11.2. The van der Waals surface area contributed by atoms with Crippen LogP contribution in [0.3, 0.4) is 0 Å². The van der Waals surface area contributed by atoms with Gasteiger partial charge in [0.25, 0.3) is 0 Å². The Labute approximate surface area is 251 Å². The highest BCUT2D eigenvalue weighted by molar-refractivity contribution is 7.90. The van der Waals surface area contributed by atoms with Gasteiger partial charge in [0.05, 0.1) is 34.1 Å². The van der Waals surface area contributed by atoms with E-state index in [0.29, 0.717) is 17.3 Å². The number of methoxy groups -OCH3 is 1. The molecule has 0 saturated carbocycles. The SMILES string of the molecule is COCC(=O)Cc1cc(Oc2ccc(NC(=O)Nc3cc(C(C)(C)C)nn3-c3ccc(C)cc3)c(S(C)(=O)=O)c2)ccn1. The van der Waals surface area contributed by atoms with Crippen molar-refractivity contribution in [3.8, 4) is 17.2 Å². The third kappa shape index (κ3) is 8.27. The molecule has 0 spiro atoms. The van der Waals surface area contributed by atoms with Gasteiger partial charge in [-0.1, -0.05) is 38.5 Å². The molecular formula is C31H35N5O6S. The van der Waals surface area contributed by atoms with Gasteiger partial charge in [0, 0.05) is 43.2 Å². The highest BCUT2D eigenvalue weighted by Crippen LogP contribution is 2.31. The third-order valence-corrected chi connectivity index (χ3v) is 7.44. The molecule has 4 rings (SSSR count). The number of urea groups is 1. The number of pyridine rings is 1. The molecule has 0 atom stereocenters. The van der Waals surface area contributed by atoms with Gasteiger partial charge in [-0.2, -0.15) is 5.10 Å². The number of anilines is 2. The van der Waals surface area contributed by atoms with E-state index in [0.717, 1.165) is 23.2 Å². The number of hydrogen-bond donors (Lipinski definition) is 2. The maximum Gasteiger partial charge on any atom is 0.324 e. The fourth-order valence-electron chi connectivity index (χ4n) is 4.13. The number of aromatic nitrogens is 3. The number of hydrogen-bond acceptors (Lipinski definition) is 8. The largest absolute Gasteiger partial charge is 0.457 e. The second kappa shape index (κ2) is 12.8. The molecule has 0 aliphatic heterocycles. The van der Waals surface area contributed by atoms with Crippen molar-refractivity contribution in [2.75, 3.05) is 30.6 Å². The van der Waals surface area contributed by atoms with Gasteiger partial charge < -0.3 is 14.8 Å². The number of amides is 2. The molecule has 2 heterocycles. The van der Waals surface area contributed by atoms with Crippen LogP contribution in [0.4, 0.5) is 16.3 Å². The molecule has 0 aliphatic carbocycles. The lowest BCUT2D eigenvalue weighted by molar-refractivity contribution is -0.122. The van der Waals surface area contributed by atoms with E-state index in [-0.39, 0.29) is 40.6 Å². The van der Waals surface area contributed by atoms with Crippen molar-refractivity contribution < 1.29 is 27.5 Å². The predicted octanol–water partition coefficient (Wildman–Crippen LogP) is 5.47. The highest BCUT2D eigenvalue weighted by Gasteiger charge is 2.23. The Morgan fingerprint density at radius 1 is 0.953 bits per heavy atom. The molecule has 2 aromatic carbocycles. The minimum atomic E-state index is -3.78. The fourth-order valence-corrected chi connectivity index (χ4v) is 4.98. The van der Waals surface area contributed by atoms with Crippen molar-refractivity contribution in [1.29, 1.82) is 0 Å². The first kappa shape index (κ1) is 31.4.